The minimum absolute atomic E-state index is 0.619. The molecule has 0 aliphatic rings. The Morgan fingerprint density at radius 2 is 1.95 bits per heavy atom. The molecule has 0 aromatic carbocycles. The van der Waals surface area contributed by atoms with Crippen LogP contribution in [0.25, 0.3) is 0 Å². The number of nitrogens with zero attached hydrogens (tertiary/aromatic N) is 2. The molecule has 0 bridgehead atoms. The third-order valence-corrected chi connectivity index (χ3v) is 2.59. The predicted molar refractivity (Wildman–Crippen MR) is 76.5 cm³/mol. The maximum atomic E-state index is 5.09. The van der Waals surface area contributed by atoms with Gasteiger partial charge in [0.1, 0.15) is 11.6 Å². The molecule has 0 saturated carbocycles. The zero-order valence-electron chi connectivity index (χ0n) is 11.2. The van der Waals surface area contributed by atoms with E-state index in [0.717, 1.165) is 23.7 Å². The van der Waals surface area contributed by atoms with E-state index in [1.165, 1.54) is 0 Å². The summed E-state index contributed by atoms with van der Waals surface area (Å²) >= 11 is 0. The van der Waals surface area contributed by atoms with Gasteiger partial charge in [0.25, 0.3) is 0 Å². The van der Waals surface area contributed by atoms with Gasteiger partial charge < -0.3 is 15.4 Å². The van der Waals surface area contributed by atoms with Gasteiger partial charge in [0, 0.05) is 25.4 Å². The van der Waals surface area contributed by atoms with Crippen molar-refractivity contribution in [2.45, 2.75) is 13.5 Å². The number of pyridine rings is 2. The Bertz CT molecular complexity index is 530. The molecule has 0 unspecified atom stereocenters. The van der Waals surface area contributed by atoms with Crippen molar-refractivity contribution in [3.05, 3.63) is 42.1 Å². The van der Waals surface area contributed by atoms with Gasteiger partial charge in [-0.2, -0.15) is 0 Å². The number of hydrogen-bond acceptors (Lipinski definition) is 5. The lowest BCUT2D eigenvalue weighted by Gasteiger charge is -2.08. The molecular formula is C14H18N4O. The number of anilines is 2. The molecule has 5 nitrogen and oxygen atoms in total. The number of rotatable bonds is 6. The van der Waals surface area contributed by atoms with Crippen molar-refractivity contribution in [2.24, 2.45) is 0 Å². The van der Waals surface area contributed by atoms with Crippen molar-refractivity contribution in [1.82, 2.24) is 9.97 Å². The van der Waals surface area contributed by atoms with Gasteiger partial charge >= 0.3 is 0 Å². The number of methoxy groups -OCH3 is 1. The molecule has 0 aliphatic heterocycles. The highest BCUT2D eigenvalue weighted by atomic mass is 16.5. The summed E-state index contributed by atoms with van der Waals surface area (Å²) in [6.45, 7) is 3.59. The molecule has 0 radical (unpaired) electrons. The topological polar surface area (TPSA) is 59.1 Å². The van der Waals surface area contributed by atoms with Crippen LogP contribution in [0.5, 0.6) is 5.88 Å². The van der Waals surface area contributed by atoms with Gasteiger partial charge in [0.15, 0.2) is 0 Å². The fourth-order valence-electron chi connectivity index (χ4n) is 1.68. The SMILES string of the molecule is CCNc1cccc(NCc2ccnc(OC)c2)n1. The second kappa shape index (κ2) is 6.58. The van der Waals surface area contributed by atoms with Crippen molar-refractivity contribution >= 4 is 11.6 Å². The average molecular weight is 258 g/mol. The normalized spacial score (nSPS) is 10.0. The summed E-state index contributed by atoms with van der Waals surface area (Å²) in [6, 6.07) is 9.72. The van der Waals surface area contributed by atoms with Gasteiger partial charge in [-0.1, -0.05) is 6.07 Å². The second-order valence-corrected chi connectivity index (χ2v) is 4.00. The van der Waals surface area contributed by atoms with Gasteiger partial charge in [-0.3, -0.25) is 0 Å². The van der Waals surface area contributed by atoms with E-state index in [4.69, 9.17) is 4.74 Å². The predicted octanol–water partition coefficient (Wildman–Crippen LogP) is 2.53. The standard InChI is InChI=1S/C14H18N4O/c1-3-15-12-5-4-6-13(18-12)17-10-11-7-8-16-14(9-11)19-2/h4-9H,3,10H2,1-2H3,(H2,15,17,18). The number of nitrogens with one attached hydrogen (secondary N) is 2. The molecule has 0 fully saturated rings. The van der Waals surface area contributed by atoms with Crippen LogP contribution in [0.3, 0.4) is 0 Å². The van der Waals surface area contributed by atoms with E-state index in [9.17, 15) is 0 Å². The number of aromatic nitrogens is 2. The Morgan fingerprint density at radius 1 is 1.16 bits per heavy atom. The zero-order chi connectivity index (χ0) is 13.5. The van der Waals surface area contributed by atoms with Crippen LogP contribution in [0.4, 0.5) is 11.6 Å². The Hall–Kier alpha value is -2.30. The third-order valence-electron chi connectivity index (χ3n) is 2.59. The van der Waals surface area contributed by atoms with E-state index < -0.39 is 0 Å². The first-order valence-electron chi connectivity index (χ1n) is 6.25. The van der Waals surface area contributed by atoms with Crippen molar-refractivity contribution in [1.29, 1.82) is 0 Å². The molecule has 0 spiro atoms. The number of ether oxygens (including phenoxy) is 1. The Kier molecular flexibility index (Phi) is 4.55. The first kappa shape index (κ1) is 13.1. The molecule has 0 atom stereocenters. The maximum Gasteiger partial charge on any atom is 0.213 e. The van der Waals surface area contributed by atoms with Crippen molar-refractivity contribution < 1.29 is 4.74 Å². The minimum atomic E-state index is 0.619. The molecule has 2 heterocycles. The van der Waals surface area contributed by atoms with Gasteiger partial charge in [-0.15, -0.1) is 0 Å². The molecule has 2 aromatic heterocycles. The first-order valence-corrected chi connectivity index (χ1v) is 6.25. The van der Waals surface area contributed by atoms with E-state index in [0.29, 0.717) is 12.4 Å². The van der Waals surface area contributed by atoms with E-state index >= 15 is 0 Å². The summed E-state index contributed by atoms with van der Waals surface area (Å²) in [4.78, 5) is 8.53. The molecule has 2 aromatic rings. The lowest BCUT2D eigenvalue weighted by molar-refractivity contribution is 0.397. The molecule has 0 aliphatic carbocycles. The highest BCUT2D eigenvalue weighted by Crippen LogP contribution is 2.12. The van der Waals surface area contributed by atoms with Crippen LogP contribution in [-0.2, 0) is 6.54 Å². The van der Waals surface area contributed by atoms with Gasteiger partial charge in [0.05, 0.1) is 7.11 Å². The molecule has 100 valence electrons. The fraction of sp³-hybridized carbons (Fsp3) is 0.286. The lowest BCUT2D eigenvalue weighted by Crippen LogP contribution is -2.04. The Balaban J connectivity index is 1.99. The molecular weight excluding hydrogens is 240 g/mol. The first-order chi connectivity index (χ1) is 9.31. The molecule has 2 N–H and O–H groups in total. The van der Waals surface area contributed by atoms with Crippen LogP contribution in [-0.4, -0.2) is 23.6 Å². The van der Waals surface area contributed by atoms with Crippen LogP contribution in [0.15, 0.2) is 36.5 Å². The second-order valence-electron chi connectivity index (χ2n) is 4.00. The maximum absolute atomic E-state index is 5.09. The Morgan fingerprint density at radius 3 is 2.68 bits per heavy atom. The van der Waals surface area contributed by atoms with E-state index in [1.54, 1.807) is 13.3 Å². The third kappa shape index (κ3) is 3.84. The lowest BCUT2D eigenvalue weighted by atomic mass is 10.2. The molecule has 0 amide bonds. The van der Waals surface area contributed by atoms with Gasteiger partial charge in [0.2, 0.25) is 5.88 Å². The fourth-order valence-corrected chi connectivity index (χ4v) is 1.68. The highest BCUT2D eigenvalue weighted by Gasteiger charge is 1.99. The quantitative estimate of drug-likeness (QED) is 0.833. The molecule has 19 heavy (non-hydrogen) atoms. The zero-order valence-corrected chi connectivity index (χ0v) is 11.2. The molecule has 5 heteroatoms. The van der Waals surface area contributed by atoms with Crippen molar-refractivity contribution in [2.75, 3.05) is 24.3 Å². The van der Waals surface area contributed by atoms with Crippen LogP contribution in [0.1, 0.15) is 12.5 Å². The summed E-state index contributed by atoms with van der Waals surface area (Å²) in [6.07, 6.45) is 1.73. The summed E-state index contributed by atoms with van der Waals surface area (Å²) in [5.41, 5.74) is 1.10. The van der Waals surface area contributed by atoms with Crippen LogP contribution in [0, 0.1) is 0 Å². The van der Waals surface area contributed by atoms with Crippen molar-refractivity contribution in [3.8, 4) is 5.88 Å². The van der Waals surface area contributed by atoms with E-state index in [-0.39, 0.29) is 0 Å². The highest BCUT2D eigenvalue weighted by molar-refractivity contribution is 5.45. The van der Waals surface area contributed by atoms with E-state index in [1.807, 2.05) is 37.3 Å². The van der Waals surface area contributed by atoms with Gasteiger partial charge in [-0.25, -0.2) is 9.97 Å². The Labute approximate surface area is 113 Å². The molecule has 0 saturated heterocycles. The van der Waals surface area contributed by atoms with Crippen LogP contribution < -0.4 is 15.4 Å². The summed E-state index contributed by atoms with van der Waals surface area (Å²) in [5.74, 6) is 2.34. The minimum Gasteiger partial charge on any atom is -0.481 e. The number of hydrogen-bond donors (Lipinski definition) is 2. The van der Waals surface area contributed by atoms with Crippen LogP contribution >= 0.6 is 0 Å². The largest absolute Gasteiger partial charge is 0.481 e. The van der Waals surface area contributed by atoms with Crippen LogP contribution in [0.2, 0.25) is 0 Å². The van der Waals surface area contributed by atoms with Crippen molar-refractivity contribution in [3.63, 3.8) is 0 Å². The smallest absolute Gasteiger partial charge is 0.213 e. The summed E-state index contributed by atoms with van der Waals surface area (Å²) in [5, 5.41) is 6.46. The summed E-state index contributed by atoms with van der Waals surface area (Å²) < 4.78 is 5.09. The monoisotopic (exact) mass is 258 g/mol. The van der Waals surface area contributed by atoms with E-state index in [2.05, 4.69) is 20.6 Å². The average Bonchev–Trinajstić information content (AvgIpc) is 2.46. The molecule has 2 rings (SSSR count). The summed E-state index contributed by atoms with van der Waals surface area (Å²) in [7, 11) is 1.61. The van der Waals surface area contributed by atoms with Gasteiger partial charge in [-0.05, 0) is 30.7 Å².